The van der Waals surface area contributed by atoms with Crippen LogP contribution in [0.3, 0.4) is 0 Å². The van der Waals surface area contributed by atoms with Gasteiger partial charge < -0.3 is 14.4 Å². The molecule has 0 radical (unpaired) electrons. The molecule has 0 bridgehead atoms. The van der Waals surface area contributed by atoms with Crippen LogP contribution in [0.2, 0.25) is 0 Å². The normalized spacial score (nSPS) is 20.7. The molecule has 2 aliphatic heterocycles. The number of methoxy groups -OCH3 is 2. The molecule has 0 N–H and O–H groups in total. The summed E-state index contributed by atoms with van der Waals surface area (Å²) in [5, 5.41) is 18.3. The second-order valence-corrected chi connectivity index (χ2v) is 9.07. The topological polar surface area (TPSA) is 80.4 Å². The van der Waals surface area contributed by atoms with Crippen LogP contribution in [0.5, 0.6) is 11.5 Å². The molecule has 184 valence electrons. The molecule has 0 aliphatic carbocycles. The highest BCUT2D eigenvalue weighted by Crippen LogP contribution is 2.43. The Bertz CT molecular complexity index is 1300. The van der Waals surface area contributed by atoms with E-state index in [0.29, 0.717) is 0 Å². The summed E-state index contributed by atoms with van der Waals surface area (Å²) >= 11 is 0. The molecule has 2 atom stereocenters. The molecule has 0 unspecified atom stereocenters. The number of nitrogens with zero attached hydrogens (tertiary/aromatic N) is 4. The van der Waals surface area contributed by atoms with Gasteiger partial charge in [-0.3, -0.25) is 15.1 Å². The molecule has 5 rings (SSSR count). The molecule has 0 spiro atoms. The third kappa shape index (κ3) is 4.55. The number of nitro benzene ring substituents is 1. The Kier molecular flexibility index (Phi) is 6.43. The van der Waals surface area contributed by atoms with Gasteiger partial charge >= 0.3 is 0 Å². The first-order chi connectivity index (χ1) is 17.5. The fourth-order valence-corrected chi connectivity index (χ4v) is 4.97. The van der Waals surface area contributed by atoms with E-state index in [4.69, 9.17) is 14.6 Å². The Morgan fingerprint density at radius 2 is 1.56 bits per heavy atom. The number of likely N-dealkylation sites (N-methyl/N-ethyl adjacent to an activating group) is 1. The maximum atomic E-state index is 11.2. The van der Waals surface area contributed by atoms with E-state index < -0.39 is 0 Å². The summed E-state index contributed by atoms with van der Waals surface area (Å²) in [6, 6.07) is 22.6. The number of ether oxygens (including phenoxy) is 2. The number of anilines is 1. The lowest BCUT2D eigenvalue weighted by atomic mass is 9.83. The fraction of sp³-hybridized carbons (Fsp3) is 0.250. The van der Waals surface area contributed by atoms with Gasteiger partial charge in [0.05, 0.1) is 36.6 Å². The highest BCUT2D eigenvalue weighted by atomic mass is 16.6. The highest BCUT2D eigenvalue weighted by Gasteiger charge is 2.43. The zero-order valence-corrected chi connectivity index (χ0v) is 20.5. The summed E-state index contributed by atoms with van der Waals surface area (Å²) in [5.41, 5.74) is 5.26. The van der Waals surface area contributed by atoms with Crippen LogP contribution < -0.4 is 14.5 Å². The maximum absolute atomic E-state index is 11.2. The van der Waals surface area contributed by atoms with Crippen LogP contribution in [-0.4, -0.2) is 49.9 Å². The molecule has 1 saturated heterocycles. The number of hydrogen-bond donors (Lipinski definition) is 0. The molecule has 3 aromatic rings. The van der Waals surface area contributed by atoms with Gasteiger partial charge in [-0.1, -0.05) is 24.3 Å². The number of nitro groups is 1. The van der Waals surface area contributed by atoms with E-state index >= 15 is 0 Å². The van der Waals surface area contributed by atoms with Gasteiger partial charge in [0, 0.05) is 31.1 Å². The minimum atomic E-state index is -0.384. The lowest BCUT2D eigenvalue weighted by molar-refractivity contribution is -0.384. The first kappa shape index (κ1) is 23.6. The minimum absolute atomic E-state index is 0.0591. The molecule has 2 aliphatic rings. The average molecular weight is 485 g/mol. The molecule has 3 aromatic carbocycles. The second-order valence-electron chi connectivity index (χ2n) is 9.07. The lowest BCUT2D eigenvalue weighted by Crippen LogP contribution is -2.41. The summed E-state index contributed by atoms with van der Waals surface area (Å²) in [4.78, 5) is 13.1. The number of hydrazone groups is 1. The fourth-order valence-electron chi connectivity index (χ4n) is 4.97. The van der Waals surface area contributed by atoms with Crippen molar-refractivity contribution in [1.82, 2.24) is 4.90 Å². The van der Waals surface area contributed by atoms with Crippen LogP contribution in [0, 0.1) is 16.0 Å². The van der Waals surface area contributed by atoms with Gasteiger partial charge in [-0.25, -0.2) is 0 Å². The SMILES string of the molecule is COc1ccc(/C=C2/CN(C)C[C@H]3C2=NN(c2ccc([N+](=O)[O-])cc2)[C@@H]3c2ccc(OC)cc2)cc1. The minimum Gasteiger partial charge on any atom is -0.497 e. The van der Waals surface area contributed by atoms with Crippen molar-refractivity contribution in [3.05, 3.63) is 99.6 Å². The van der Waals surface area contributed by atoms with Crippen molar-refractivity contribution < 1.29 is 14.4 Å². The monoisotopic (exact) mass is 484 g/mol. The van der Waals surface area contributed by atoms with E-state index in [0.717, 1.165) is 52.7 Å². The van der Waals surface area contributed by atoms with Crippen molar-refractivity contribution in [1.29, 1.82) is 0 Å². The van der Waals surface area contributed by atoms with E-state index in [1.165, 1.54) is 12.1 Å². The molecule has 0 amide bonds. The molecule has 36 heavy (non-hydrogen) atoms. The first-order valence-electron chi connectivity index (χ1n) is 11.8. The molecule has 0 saturated carbocycles. The lowest BCUT2D eigenvalue weighted by Gasteiger charge is -2.34. The number of likely N-dealkylation sites (tertiary alicyclic amines) is 1. The number of fused-ring (bicyclic) bond motifs is 1. The van der Waals surface area contributed by atoms with Gasteiger partial charge in [0.1, 0.15) is 11.5 Å². The van der Waals surface area contributed by atoms with Crippen molar-refractivity contribution in [2.75, 3.05) is 39.4 Å². The zero-order valence-electron chi connectivity index (χ0n) is 20.5. The van der Waals surface area contributed by atoms with Gasteiger partial charge in [-0.05, 0) is 66.2 Å². The summed E-state index contributed by atoms with van der Waals surface area (Å²) in [7, 11) is 5.44. The van der Waals surface area contributed by atoms with Gasteiger partial charge in [0.15, 0.2) is 0 Å². The summed E-state index contributed by atoms with van der Waals surface area (Å²) < 4.78 is 10.7. The summed E-state index contributed by atoms with van der Waals surface area (Å²) in [6.45, 7) is 1.63. The van der Waals surface area contributed by atoms with Crippen molar-refractivity contribution >= 4 is 23.2 Å². The van der Waals surface area contributed by atoms with E-state index in [1.54, 1.807) is 26.4 Å². The van der Waals surface area contributed by atoms with Crippen molar-refractivity contribution in [2.45, 2.75) is 6.04 Å². The van der Waals surface area contributed by atoms with Crippen LogP contribution >= 0.6 is 0 Å². The largest absolute Gasteiger partial charge is 0.497 e. The standard InChI is InChI=1S/C28H28N4O4/c1-30-17-21(16-19-4-12-24(35-2)13-5-19)27-26(18-30)28(20-6-14-25(36-3)15-7-20)31(29-27)22-8-10-23(11-9-22)32(33)34/h4-16,26,28H,17-18H2,1-3H3/b21-16-/t26-,28+/m0/s1. The number of hydrogen-bond acceptors (Lipinski definition) is 7. The quantitative estimate of drug-likeness (QED) is 0.355. The van der Waals surface area contributed by atoms with Crippen LogP contribution in [0.4, 0.5) is 11.4 Å². The number of benzene rings is 3. The molecule has 1 fully saturated rings. The summed E-state index contributed by atoms with van der Waals surface area (Å²) in [5.74, 6) is 1.73. The molecule has 8 heteroatoms. The Balaban J connectivity index is 1.58. The zero-order chi connectivity index (χ0) is 25.2. The Labute approximate surface area is 210 Å². The molecular weight excluding hydrogens is 456 g/mol. The van der Waals surface area contributed by atoms with Crippen molar-refractivity contribution in [2.24, 2.45) is 11.0 Å². The van der Waals surface area contributed by atoms with E-state index in [-0.39, 0.29) is 22.6 Å². The van der Waals surface area contributed by atoms with E-state index in [9.17, 15) is 10.1 Å². The molecule has 8 nitrogen and oxygen atoms in total. The number of piperidine rings is 1. The molecular formula is C28H28N4O4. The third-order valence-corrected chi connectivity index (χ3v) is 6.73. The van der Waals surface area contributed by atoms with Crippen LogP contribution in [0.25, 0.3) is 6.08 Å². The van der Waals surface area contributed by atoms with Crippen molar-refractivity contribution in [3.8, 4) is 11.5 Å². The number of rotatable bonds is 6. The Morgan fingerprint density at radius 3 is 2.14 bits per heavy atom. The Morgan fingerprint density at radius 1 is 0.944 bits per heavy atom. The molecule has 0 aromatic heterocycles. The predicted octanol–water partition coefficient (Wildman–Crippen LogP) is 5.17. The second kappa shape index (κ2) is 9.83. The highest BCUT2D eigenvalue weighted by molar-refractivity contribution is 6.09. The van der Waals surface area contributed by atoms with Crippen LogP contribution in [0.1, 0.15) is 17.2 Å². The maximum Gasteiger partial charge on any atom is 0.269 e. The van der Waals surface area contributed by atoms with Crippen LogP contribution in [0.15, 0.2) is 83.5 Å². The predicted molar refractivity (Wildman–Crippen MR) is 141 cm³/mol. The van der Waals surface area contributed by atoms with Gasteiger partial charge in [-0.2, -0.15) is 5.10 Å². The van der Waals surface area contributed by atoms with Gasteiger partial charge in [0.2, 0.25) is 0 Å². The average Bonchev–Trinajstić information content (AvgIpc) is 3.28. The third-order valence-electron chi connectivity index (χ3n) is 6.73. The first-order valence-corrected chi connectivity index (χ1v) is 11.8. The Hall–Kier alpha value is -4.17. The van der Waals surface area contributed by atoms with E-state index in [1.807, 2.05) is 41.4 Å². The summed E-state index contributed by atoms with van der Waals surface area (Å²) in [6.07, 6.45) is 2.19. The van der Waals surface area contributed by atoms with Crippen LogP contribution in [-0.2, 0) is 0 Å². The smallest absolute Gasteiger partial charge is 0.269 e. The van der Waals surface area contributed by atoms with Crippen molar-refractivity contribution in [3.63, 3.8) is 0 Å². The molecule has 2 heterocycles. The van der Waals surface area contributed by atoms with Gasteiger partial charge in [-0.15, -0.1) is 0 Å². The van der Waals surface area contributed by atoms with E-state index in [2.05, 4.69) is 30.2 Å². The van der Waals surface area contributed by atoms with Gasteiger partial charge in [0.25, 0.3) is 5.69 Å². The number of non-ortho nitro benzene ring substituents is 1.